The molecule has 0 aliphatic heterocycles. The highest BCUT2D eigenvalue weighted by atomic mass is 32.1. The minimum absolute atomic E-state index is 0.0300. The van der Waals surface area contributed by atoms with Gasteiger partial charge < -0.3 is 15.0 Å². The molecule has 16 heavy (non-hydrogen) atoms. The minimum atomic E-state index is -0.207. The van der Waals surface area contributed by atoms with E-state index in [9.17, 15) is 9.59 Å². The van der Waals surface area contributed by atoms with Gasteiger partial charge in [0.15, 0.2) is 0 Å². The number of ether oxygens (including phenoxy) is 1. The monoisotopic (exact) mass is 244 g/mol. The second-order valence-corrected chi connectivity index (χ2v) is 4.31. The van der Waals surface area contributed by atoms with Crippen molar-refractivity contribution in [1.82, 2.24) is 10.3 Å². The van der Waals surface area contributed by atoms with Crippen LogP contribution in [0.4, 0.5) is 0 Å². The summed E-state index contributed by atoms with van der Waals surface area (Å²) in [7, 11) is 0. The third kappa shape index (κ3) is 4.59. The molecule has 5 nitrogen and oxygen atoms in total. The summed E-state index contributed by atoms with van der Waals surface area (Å²) in [6.45, 7) is 4.65. The molecule has 1 atom stereocenters. The number of rotatable bonds is 6. The lowest BCUT2D eigenvalue weighted by molar-refractivity contribution is -0.143. The van der Waals surface area contributed by atoms with E-state index in [1.807, 2.05) is 6.92 Å². The predicted molar refractivity (Wildman–Crippen MR) is 62.5 cm³/mol. The van der Waals surface area contributed by atoms with Gasteiger partial charge in [0.1, 0.15) is 0 Å². The number of nitrogens with one attached hydrogen (secondary N) is 2. The maximum atomic E-state index is 11.2. The van der Waals surface area contributed by atoms with Gasteiger partial charge in [-0.25, -0.2) is 0 Å². The van der Waals surface area contributed by atoms with E-state index in [1.165, 1.54) is 0 Å². The van der Waals surface area contributed by atoms with Crippen molar-refractivity contribution < 1.29 is 9.53 Å². The first-order valence-corrected chi connectivity index (χ1v) is 6.05. The van der Waals surface area contributed by atoms with Crippen molar-refractivity contribution in [3.63, 3.8) is 0 Å². The van der Waals surface area contributed by atoms with Crippen LogP contribution in [0.2, 0.25) is 0 Å². The van der Waals surface area contributed by atoms with Gasteiger partial charge in [0, 0.05) is 23.7 Å². The average molecular weight is 244 g/mol. The van der Waals surface area contributed by atoms with Gasteiger partial charge in [-0.1, -0.05) is 11.3 Å². The Balaban J connectivity index is 2.27. The van der Waals surface area contributed by atoms with Gasteiger partial charge in [-0.05, 0) is 13.8 Å². The van der Waals surface area contributed by atoms with Crippen LogP contribution >= 0.6 is 11.3 Å². The smallest absolute Gasteiger partial charge is 0.307 e. The Labute approximate surface area is 97.8 Å². The van der Waals surface area contributed by atoms with Crippen LogP contribution in [-0.4, -0.2) is 23.6 Å². The minimum Gasteiger partial charge on any atom is -0.466 e. The Morgan fingerprint density at radius 3 is 3.00 bits per heavy atom. The van der Waals surface area contributed by atoms with Crippen LogP contribution in [0, 0.1) is 0 Å². The molecular formula is C10H16N2O3S. The molecule has 0 spiro atoms. The standard InChI is InChI=1S/C10H16N2O3S/c1-3-15-9(13)4-7(2)11-5-8-6-16-10(14)12-8/h6-7,11H,3-5H2,1-2H3,(H,12,14). The third-order valence-corrected chi connectivity index (χ3v) is 2.71. The second kappa shape index (κ2) is 6.44. The van der Waals surface area contributed by atoms with E-state index >= 15 is 0 Å². The molecule has 0 radical (unpaired) electrons. The van der Waals surface area contributed by atoms with Gasteiger partial charge in [-0.3, -0.25) is 9.59 Å². The van der Waals surface area contributed by atoms with Crippen LogP contribution in [0.15, 0.2) is 10.2 Å². The van der Waals surface area contributed by atoms with Gasteiger partial charge in [-0.2, -0.15) is 0 Å². The number of aromatic amines is 1. The topological polar surface area (TPSA) is 71.2 Å². The van der Waals surface area contributed by atoms with E-state index in [1.54, 1.807) is 12.3 Å². The lowest BCUT2D eigenvalue weighted by Crippen LogP contribution is -2.29. The molecule has 2 N–H and O–H groups in total. The highest BCUT2D eigenvalue weighted by Crippen LogP contribution is 1.98. The maximum Gasteiger partial charge on any atom is 0.307 e. The molecular weight excluding hydrogens is 228 g/mol. The van der Waals surface area contributed by atoms with Crippen molar-refractivity contribution in [2.75, 3.05) is 6.61 Å². The number of carbonyl (C=O) groups is 1. The molecule has 90 valence electrons. The summed E-state index contributed by atoms with van der Waals surface area (Å²) in [4.78, 5) is 24.6. The third-order valence-electron chi connectivity index (χ3n) is 1.99. The van der Waals surface area contributed by atoms with Crippen molar-refractivity contribution in [2.45, 2.75) is 32.9 Å². The van der Waals surface area contributed by atoms with Gasteiger partial charge in [0.2, 0.25) is 0 Å². The maximum absolute atomic E-state index is 11.2. The molecule has 0 aromatic carbocycles. The predicted octanol–water partition coefficient (Wildman–Crippen LogP) is 0.868. The average Bonchev–Trinajstić information content (AvgIpc) is 2.61. The summed E-state index contributed by atoms with van der Waals surface area (Å²) in [6.07, 6.45) is 0.336. The van der Waals surface area contributed by atoms with Crippen LogP contribution < -0.4 is 10.2 Å². The summed E-state index contributed by atoms with van der Waals surface area (Å²) in [5.41, 5.74) is 0.839. The Hall–Kier alpha value is -1.14. The first-order valence-electron chi connectivity index (χ1n) is 5.17. The van der Waals surface area contributed by atoms with Crippen molar-refractivity contribution in [2.24, 2.45) is 0 Å². The van der Waals surface area contributed by atoms with Crippen LogP contribution in [0.5, 0.6) is 0 Å². The molecule has 0 fully saturated rings. The summed E-state index contributed by atoms with van der Waals surface area (Å²) < 4.78 is 4.83. The van der Waals surface area contributed by atoms with Crippen LogP contribution in [0.25, 0.3) is 0 Å². The van der Waals surface area contributed by atoms with E-state index in [-0.39, 0.29) is 16.9 Å². The van der Waals surface area contributed by atoms with Crippen molar-refractivity contribution >= 4 is 17.3 Å². The lowest BCUT2D eigenvalue weighted by Gasteiger charge is -2.11. The molecule has 6 heteroatoms. The molecule has 1 aromatic rings. The normalized spacial score (nSPS) is 12.4. The summed E-state index contributed by atoms with van der Waals surface area (Å²) in [6, 6.07) is 0.0300. The fraction of sp³-hybridized carbons (Fsp3) is 0.600. The van der Waals surface area contributed by atoms with Crippen LogP contribution in [-0.2, 0) is 16.1 Å². The Morgan fingerprint density at radius 2 is 2.44 bits per heavy atom. The molecule has 0 aliphatic rings. The zero-order chi connectivity index (χ0) is 12.0. The molecule has 1 unspecified atom stereocenters. The molecule has 0 saturated heterocycles. The second-order valence-electron chi connectivity index (χ2n) is 3.46. The van der Waals surface area contributed by atoms with E-state index in [4.69, 9.17) is 4.74 Å². The summed E-state index contributed by atoms with van der Waals surface area (Å²) in [5.74, 6) is -0.207. The van der Waals surface area contributed by atoms with Gasteiger partial charge in [0.05, 0.1) is 13.0 Å². The van der Waals surface area contributed by atoms with Crippen LogP contribution in [0.1, 0.15) is 26.0 Å². The van der Waals surface area contributed by atoms with Gasteiger partial charge >= 0.3 is 10.8 Å². The Kier molecular flexibility index (Phi) is 5.21. The number of hydrogen-bond acceptors (Lipinski definition) is 5. The fourth-order valence-electron chi connectivity index (χ4n) is 1.23. The molecule has 1 aromatic heterocycles. The Morgan fingerprint density at radius 1 is 1.69 bits per heavy atom. The number of carbonyl (C=O) groups excluding carboxylic acids is 1. The SMILES string of the molecule is CCOC(=O)CC(C)NCc1csc(=O)[nH]1. The van der Waals surface area contributed by atoms with E-state index < -0.39 is 0 Å². The molecule has 0 bridgehead atoms. The Bertz CT molecular complexity index is 385. The quantitative estimate of drug-likeness (QED) is 0.728. The molecule has 0 amide bonds. The summed E-state index contributed by atoms with van der Waals surface area (Å²) >= 11 is 1.14. The molecule has 1 rings (SSSR count). The zero-order valence-corrected chi connectivity index (χ0v) is 10.2. The van der Waals surface area contributed by atoms with Crippen molar-refractivity contribution in [1.29, 1.82) is 0 Å². The number of hydrogen-bond donors (Lipinski definition) is 2. The van der Waals surface area contributed by atoms with Crippen LogP contribution in [0.3, 0.4) is 0 Å². The lowest BCUT2D eigenvalue weighted by atomic mass is 10.2. The molecule has 0 aliphatic carbocycles. The number of H-pyrrole nitrogens is 1. The first kappa shape index (κ1) is 12.9. The number of esters is 1. The fourth-order valence-corrected chi connectivity index (χ4v) is 1.81. The highest BCUT2D eigenvalue weighted by Gasteiger charge is 2.09. The zero-order valence-electron chi connectivity index (χ0n) is 9.41. The largest absolute Gasteiger partial charge is 0.466 e. The molecule has 1 heterocycles. The van der Waals surface area contributed by atoms with E-state index in [2.05, 4.69) is 10.3 Å². The van der Waals surface area contributed by atoms with Gasteiger partial charge in [-0.15, -0.1) is 0 Å². The van der Waals surface area contributed by atoms with Gasteiger partial charge in [0.25, 0.3) is 0 Å². The van der Waals surface area contributed by atoms with Crippen molar-refractivity contribution in [3.05, 3.63) is 20.7 Å². The van der Waals surface area contributed by atoms with E-state index in [0.29, 0.717) is 19.6 Å². The van der Waals surface area contributed by atoms with Crippen molar-refractivity contribution in [3.8, 4) is 0 Å². The molecule has 0 saturated carbocycles. The first-order chi connectivity index (χ1) is 7.61. The number of aromatic nitrogens is 1. The number of thiazole rings is 1. The summed E-state index contributed by atoms with van der Waals surface area (Å²) in [5, 5.41) is 4.91. The van der Waals surface area contributed by atoms with E-state index in [0.717, 1.165) is 17.0 Å². The highest BCUT2D eigenvalue weighted by molar-refractivity contribution is 7.07.